The van der Waals surface area contributed by atoms with Crippen LogP contribution in [0.25, 0.3) is 112 Å². The fourth-order valence-corrected chi connectivity index (χ4v) is 9.28. The van der Waals surface area contributed by atoms with Gasteiger partial charge in [0.15, 0.2) is 5.65 Å². The van der Waals surface area contributed by atoms with Crippen LogP contribution in [-0.4, -0.2) is 33.1 Å². The van der Waals surface area contributed by atoms with Crippen molar-refractivity contribution < 1.29 is 0 Å². The summed E-state index contributed by atoms with van der Waals surface area (Å²) in [5, 5.41) is 3.47. The Labute approximate surface area is 363 Å². The molecule has 0 N–H and O–H groups in total. The lowest BCUT2D eigenvalue weighted by Crippen LogP contribution is -2.05. The predicted octanol–water partition coefficient (Wildman–Crippen LogP) is 13.9. The molecule has 0 saturated heterocycles. The number of para-hydroxylation sites is 4. The molecule has 0 aliphatic heterocycles. The normalized spacial score (nSPS) is 12.3. The van der Waals surface area contributed by atoms with E-state index in [1.165, 1.54) is 10.8 Å². The van der Waals surface area contributed by atoms with Crippen LogP contribution in [0.5, 0.6) is 0 Å². The van der Waals surface area contributed by atoms with Gasteiger partial charge in [-0.05, 0) is 90.9 Å². The highest BCUT2D eigenvalue weighted by atomic mass is 15.3. The number of nitrogens with zero attached hydrogens (tertiary/aromatic N) is 7. The number of hydrogen-bond acceptors (Lipinski definition) is 3. The first kappa shape index (κ1) is 36.3. The van der Waals surface area contributed by atoms with Crippen LogP contribution in [0, 0.1) is 0 Å². The summed E-state index contributed by atoms with van der Waals surface area (Å²) in [5.41, 5.74) is 15.2. The van der Waals surface area contributed by atoms with E-state index in [1.54, 1.807) is 0 Å². The monoisotopic (exact) mass is 809 g/mol. The summed E-state index contributed by atoms with van der Waals surface area (Å²) < 4.78 is 8.99. The number of hydrogen-bond donors (Lipinski definition) is 0. The van der Waals surface area contributed by atoms with Gasteiger partial charge in [0, 0.05) is 38.7 Å². The molecule has 0 fully saturated rings. The number of benzene rings is 7. The van der Waals surface area contributed by atoms with Gasteiger partial charge in [0.1, 0.15) is 5.52 Å². The molecule has 7 nitrogen and oxygen atoms in total. The number of fused-ring (bicyclic) bond motifs is 10. The van der Waals surface area contributed by atoms with E-state index >= 15 is 0 Å². The molecule has 0 saturated carbocycles. The van der Waals surface area contributed by atoms with Gasteiger partial charge in [-0.15, -0.1) is 0 Å². The predicted molar refractivity (Wildman–Crippen MR) is 261 cm³/mol. The summed E-state index contributed by atoms with van der Waals surface area (Å²) >= 11 is 0. The van der Waals surface area contributed by atoms with Gasteiger partial charge >= 0.3 is 0 Å². The molecule has 12 aromatic rings. The molecule has 0 unspecified atom stereocenters. The van der Waals surface area contributed by atoms with E-state index < -0.39 is 0 Å². The van der Waals surface area contributed by atoms with E-state index in [4.69, 9.17) is 15.0 Å². The zero-order valence-electron chi connectivity index (χ0n) is 34.5. The van der Waals surface area contributed by atoms with E-state index in [9.17, 15) is 0 Å². The maximum absolute atomic E-state index is 5.56. The molecule has 7 heteroatoms. The first-order valence-corrected chi connectivity index (χ1v) is 21.2. The smallest absolute Gasteiger partial charge is 0.238 e. The zero-order valence-corrected chi connectivity index (χ0v) is 34.5. The second-order valence-electron chi connectivity index (χ2n) is 15.7. The molecule has 0 atom stereocenters. The average molecular weight is 810 g/mol. The molecular formula is C56H39N7. The summed E-state index contributed by atoms with van der Waals surface area (Å²) in [4.78, 5) is 16.1. The van der Waals surface area contributed by atoms with Gasteiger partial charge in [-0.1, -0.05) is 140 Å². The van der Waals surface area contributed by atoms with Crippen molar-refractivity contribution in [3.8, 4) is 45.3 Å². The van der Waals surface area contributed by atoms with Gasteiger partial charge in [-0.2, -0.15) is 4.98 Å². The van der Waals surface area contributed by atoms with Gasteiger partial charge in [0.05, 0.1) is 39.0 Å². The van der Waals surface area contributed by atoms with E-state index in [0.29, 0.717) is 5.95 Å². The van der Waals surface area contributed by atoms with Gasteiger partial charge in [0.2, 0.25) is 11.7 Å². The van der Waals surface area contributed by atoms with Crippen molar-refractivity contribution in [3.05, 3.63) is 213 Å². The number of aromatic nitrogens is 7. The Kier molecular flexibility index (Phi) is 8.40. The Hall–Kier alpha value is -8.55. The molecule has 0 amide bonds. The van der Waals surface area contributed by atoms with Crippen LogP contribution in [0.2, 0.25) is 0 Å². The highest BCUT2D eigenvalue weighted by molar-refractivity contribution is 6.13. The van der Waals surface area contributed by atoms with Crippen molar-refractivity contribution >= 4 is 66.4 Å². The van der Waals surface area contributed by atoms with E-state index in [2.05, 4.69) is 182 Å². The first-order valence-electron chi connectivity index (χ1n) is 21.2. The third kappa shape index (κ3) is 5.71. The van der Waals surface area contributed by atoms with Crippen molar-refractivity contribution in [2.45, 2.75) is 6.92 Å². The second-order valence-corrected chi connectivity index (χ2v) is 15.7. The lowest BCUT2D eigenvalue weighted by molar-refractivity contribution is 0.969. The standard InChI is InChI=1S/C56H39N7/c1-3-5-23-41(4-2)60-48-27-16-15-26-43(48)44-34-39(30-32-49(44)60)40-31-33-50-45(35-40)53-54(61(50)42-24-13-8-14-25-42)59-56-62(53)51-28-17-18-29-52(51)63(56)55-57-46(37-19-9-6-10-20-37)36-47(58-55)38-21-11-7-12-22-38/h3-36H,2H2,1H3/b5-3-,41-23+. The van der Waals surface area contributed by atoms with Gasteiger partial charge in [-0.3, -0.25) is 8.97 Å². The summed E-state index contributed by atoms with van der Waals surface area (Å²) in [6, 6.07) is 63.9. The van der Waals surface area contributed by atoms with E-state index in [0.717, 1.165) is 94.9 Å². The quantitative estimate of drug-likeness (QED) is 0.144. The van der Waals surface area contributed by atoms with Crippen molar-refractivity contribution in [3.63, 3.8) is 0 Å². The van der Waals surface area contributed by atoms with Gasteiger partial charge < -0.3 is 4.57 Å². The van der Waals surface area contributed by atoms with E-state index in [-0.39, 0.29) is 0 Å². The minimum absolute atomic E-state index is 0.554. The minimum Gasteiger partial charge on any atom is -0.309 e. The molecule has 12 rings (SSSR count). The maximum atomic E-state index is 5.56. The van der Waals surface area contributed by atoms with Crippen LogP contribution in [0.4, 0.5) is 0 Å². The SMILES string of the molecule is C=C/C(=C\C=C/C)n1c2ccccc2c2cc(-c3ccc4c(c3)c3c(nc5n(-c6nc(-c7ccccc7)cc(-c7ccccc7)n6)c6ccccc6n35)n4-c3ccccc3)ccc21. The Morgan fingerprint density at radius 1 is 0.492 bits per heavy atom. The lowest BCUT2D eigenvalue weighted by Gasteiger charge is -2.11. The van der Waals surface area contributed by atoms with Crippen molar-refractivity contribution in [2.75, 3.05) is 0 Å². The van der Waals surface area contributed by atoms with Crippen LogP contribution < -0.4 is 0 Å². The Morgan fingerprint density at radius 2 is 1.06 bits per heavy atom. The lowest BCUT2D eigenvalue weighted by atomic mass is 10.0. The molecule has 0 radical (unpaired) electrons. The Morgan fingerprint density at radius 3 is 1.73 bits per heavy atom. The second kappa shape index (κ2) is 14.6. The van der Waals surface area contributed by atoms with Crippen LogP contribution in [0.1, 0.15) is 6.92 Å². The largest absolute Gasteiger partial charge is 0.309 e. The third-order valence-corrected chi connectivity index (χ3v) is 12.1. The molecular weight excluding hydrogens is 771 g/mol. The van der Waals surface area contributed by atoms with Crippen LogP contribution in [0.3, 0.4) is 0 Å². The minimum atomic E-state index is 0.554. The fourth-order valence-electron chi connectivity index (χ4n) is 9.28. The summed E-state index contributed by atoms with van der Waals surface area (Å²) in [7, 11) is 0. The summed E-state index contributed by atoms with van der Waals surface area (Å²) in [5.74, 6) is 1.29. The molecule has 0 spiro atoms. The topological polar surface area (TPSA) is 57.9 Å². The number of allylic oxidation sites excluding steroid dienone is 5. The maximum Gasteiger partial charge on any atom is 0.238 e. The number of imidazole rings is 2. The molecule has 63 heavy (non-hydrogen) atoms. The molecule has 0 bridgehead atoms. The number of rotatable bonds is 8. The van der Waals surface area contributed by atoms with Crippen molar-refractivity contribution in [1.29, 1.82) is 0 Å². The van der Waals surface area contributed by atoms with Crippen LogP contribution in [0.15, 0.2) is 213 Å². The van der Waals surface area contributed by atoms with Gasteiger partial charge in [0.25, 0.3) is 0 Å². The molecule has 7 aromatic carbocycles. The first-order chi connectivity index (χ1) is 31.2. The van der Waals surface area contributed by atoms with Crippen molar-refractivity contribution in [1.82, 2.24) is 33.1 Å². The average Bonchev–Trinajstić information content (AvgIpc) is 4.07. The van der Waals surface area contributed by atoms with E-state index in [1.807, 2.05) is 55.5 Å². The Bertz CT molecular complexity index is 3750. The molecule has 298 valence electrons. The molecule has 5 aromatic heterocycles. The van der Waals surface area contributed by atoms with Crippen LogP contribution >= 0.6 is 0 Å². The highest BCUT2D eigenvalue weighted by Crippen LogP contribution is 2.40. The zero-order chi connectivity index (χ0) is 42.0. The molecule has 5 heterocycles. The van der Waals surface area contributed by atoms with Crippen molar-refractivity contribution in [2.24, 2.45) is 0 Å². The highest BCUT2D eigenvalue weighted by Gasteiger charge is 2.26. The Balaban J connectivity index is 1.13. The fraction of sp³-hybridized carbons (Fsp3) is 0.0179. The van der Waals surface area contributed by atoms with Crippen LogP contribution in [-0.2, 0) is 0 Å². The molecule has 0 aliphatic rings. The third-order valence-electron chi connectivity index (χ3n) is 12.1. The molecule has 0 aliphatic carbocycles. The van der Waals surface area contributed by atoms with Gasteiger partial charge in [-0.25, -0.2) is 14.5 Å². The summed E-state index contributed by atoms with van der Waals surface area (Å²) in [6.07, 6.45) is 8.14. The summed E-state index contributed by atoms with van der Waals surface area (Å²) in [6.45, 7) is 6.20.